The van der Waals surface area contributed by atoms with Crippen LogP contribution in [0.4, 0.5) is 0 Å². The summed E-state index contributed by atoms with van der Waals surface area (Å²) in [5.41, 5.74) is 0. The maximum atomic E-state index is 12.1. The van der Waals surface area contributed by atoms with E-state index in [2.05, 4.69) is 20.8 Å². The second-order valence-corrected chi connectivity index (χ2v) is 7.69. The second kappa shape index (κ2) is 5.95. The lowest BCUT2D eigenvalue weighted by atomic mass is 9.91. The van der Waals surface area contributed by atoms with Crippen LogP contribution in [0.3, 0.4) is 0 Å². The number of rotatable bonds is 3. The first-order valence-corrected chi connectivity index (χ1v) is 7.37. The summed E-state index contributed by atoms with van der Waals surface area (Å²) >= 11 is 1.57. The van der Waals surface area contributed by atoms with Gasteiger partial charge in [0.1, 0.15) is 6.04 Å². The van der Waals surface area contributed by atoms with Crippen molar-refractivity contribution in [3.8, 4) is 0 Å². The van der Waals surface area contributed by atoms with E-state index in [9.17, 15) is 14.7 Å². The number of thioether (sulfide) groups is 1. The fraction of sp³-hybridized carbons (Fsp3) is 0.846. The molecule has 2 atom stereocenters. The normalized spacial score (nSPS) is 25.0. The van der Waals surface area contributed by atoms with Crippen molar-refractivity contribution in [1.82, 2.24) is 4.90 Å². The summed E-state index contributed by atoms with van der Waals surface area (Å²) in [6.45, 7) is 8.65. The zero-order chi connectivity index (χ0) is 13.9. The second-order valence-electron chi connectivity index (χ2n) is 5.89. The average molecular weight is 273 g/mol. The highest BCUT2D eigenvalue weighted by atomic mass is 32.2. The van der Waals surface area contributed by atoms with Gasteiger partial charge in [-0.2, -0.15) is 0 Å². The molecule has 1 aliphatic heterocycles. The molecule has 1 heterocycles. The van der Waals surface area contributed by atoms with Crippen LogP contribution in [0.5, 0.6) is 0 Å². The third-order valence-electron chi connectivity index (χ3n) is 3.14. The van der Waals surface area contributed by atoms with E-state index in [0.717, 1.165) is 12.8 Å². The Morgan fingerprint density at radius 2 is 2.00 bits per heavy atom. The summed E-state index contributed by atoms with van der Waals surface area (Å²) < 4.78 is 0.0236. The Bertz CT molecular complexity index is 325. The lowest BCUT2D eigenvalue weighted by molar-refractivity contribution is -0.153. The van der Waals surface area contributed by atoms with Crippen molar-refractivity contribution < 1.29 is 14.7 Å². The van der Waals surface area contributed by atoms with Crippen LogP contribution in [0.25, 0.3) is 0 Å². The molecule has 104 valence electrons. The molecule has 18 heavy (non-hydrogen) atoms. The Hall–Kier alpha value is -0.710. The van der Waals surface area contributed by atoms with Crippen molar-refractivity contribution in [2.24, 2.45) is 5.92 Å². The molecule has 0 aromatic carbocycles. The summed E-state index contributed by atoms with van der Waals surface area (Å²) in [5.74, 6) is -0.523. The number of hydrogen-bond acceptors (Lipinski definition) is 3. The van der Waals surface area contributed by atoms with E-state index < -0.39 is 12.0 Å². The summed E-state index contributed by atoms with van der Waals surface area (Å²) in [6.07, 6.45) is 1.78. The highest BCUT2D eigenvalue weighted by Crippen LogP contribution is 2.27. The lowest BCUT2D eigenvalue weighted by Gasteiger charge is -2.37. The number of amides is 1. The highest BCUT2D eigenvalue weighted by Gasteiger charge is 2.37. The van der Waals surface area contributed by atoms with E-state index in [1.165, 1.54) is 0 Å². The van der Waals surface area contributed by atoms with E-state index in [1.54, 1.807) is 16.7 Å². The molecule has 1 fully saturated rings. The van der Waals surface area contributed by atoms with Crippen LogP contribution in [0.15, 0.2) is 0 Å². The van der Waals surface area contributed by atoms with E-state index in [-0.39, 0.29) is 16.6 Å². The minimum absolute atomic E-state index is 0.0236. The summed E-state index contributed by atoms with van der Waals surface area (Å²) in [7, 11) is 0. The summed E-state index contributed by atoms with van der Waals surface area (Å²) in [4.78, 5) is 25.0. The largest absolute Gasteiger partial charge is 0.480 e. The minimum atomic E-state index is -0.878. The van der Waals surface area contributed by atoms with E-state index >= 15 is 0 Å². The quantitative estimate of drug-likeness (QED) is 0.856. The molecule has 0 radical (unpaired) electrons. The molecule has 0 aliphatic carbocycles. The number of aliphatic carboxylic acids is 1. The number of likely N-dealkylation sites (tertiary alicyclic amines) is 1. The van der Waals surface area contributed by atoms with Crippen molar-refractivity contribution >= 4 is 23.6 Å². The molecule has 0 spiro atoms. The number of nitrogens with zero attached hydrogens (tertiary/aromatic N) is 1. The molecule has 0 bridgehead atoms. The molecule has 1 N–H and O–H groups in total. The smallest absolute Gasteiger partial charge is 0.326 e. The van der Waals surface area contributed by atoms with E-state index in [1.807, 2.05) is 6.92 Å². The van der Waals surface area contributed by atoms with Crippen LogP contribution >= 0.6 is 11.8 Å². The fourth-order valence-electron chi connectivity index (χ4n) is 2.21. The maximum Gasteiger partial charge on any atom is 0.326 e. The van der Waals surface area contributed by atoms with Gasteiger partial charge in [-0.25, -0.2) is 4.79 Å². The molecule has 5 heteroatoms. The highest BCUT2D eigenvalue weighted by molar-refractivity contribution is 8.01. The van der Waals surface area contributed by atoms with Gasteiger partial charge in [0.2, 0.25) is 5.91 Å². The predicted octanol–water partition coefficient (Wildman–Crippen LogP) is 2.23. The van der Waals surface area contributed by atoms with Crippen LogP contribution in [0.2, 0.25) is 0 Å². The predicted molar refractivity (Wildman–Crippen MR) is 73.7 cm³/mol. The zero-order valence-corrected chi connectivity index (χ0v) is 12.4. The van der Waals surface area contributed by atoms with Gasteiger partial charge in [0, 0.05) is 11.3 Å². The van der Waals surface area contributed by atoms with Crippen molar-refractivity contribution in [2.45, 2.75) is 51.3 Å². The van der Waals surface area contributed by atoms with Gasteiger partial charge in [-0.15, -0.1) is 11.8 Å². The maximum absolute atomic E-state index is 12.1. The Labute approximate surface area is 113 Å². The molecular weight excluding hydrogens is 250 g/mol. The van der Waals surface area contributed by atoms with Crippen molar-refractivity contribution in [2.75, 3.05) is 12.3 Å². The molecule has 0 aromatic heterocycles. The third kappa shape index (κ3) is 4.19. The van der Waals surface area contributed by atoms with Gasteiger partial charge in [0.15, 0.2) is 0 Å². The SMILES string of the molecule is CC1CCCN(C(=O)CSC(C)(C)C)C1C(=O)O. The third-order valence-corrected chi connectivity index (χ3v) is 4.39. The molecule has 2 unspecified atom stereocenters. The van der Waals surface area contributed by atoms with Gasteiger partial charge in [0.05, 0.1) is 5.75 Å². The number of piperidine rings is 1. The van der Waals surface area contributed by atoms with Crippen LogP contribution in [-0.4, -0.2) is 45.0 Å². The van der Waals surface area contributed by atoms with Crippen LogP contribution in [0, 0.1) is 5.92 Å². The van der Waals surface area contributed by atoms with Gasteiger partial charge in [-0.3, -0.25) is 4.79 Å². The first-order chi connectivity index (χ1) is 8.22. The van der Waals surface area contributed by atoms with Crippen molar-refractivity contribution in [3.63, 3.8) is 0 Å². The molecule has 1 amide bonds. The first kappa shape index (κ1) is 15.3. The number of hydrogen-bond donors (Lipinski definition) is 1. The number of carbonyl (C=O) groups is 2. The molecule has 1 rings (SSSR count). The zero-order valence-electron chi connectivity index (χ0n) is 11.6. The molecule has 1 saturated heterocycles. The van der Waals surface area contributed by atoms with Crippen LogP contribution < -0.4 is 0 Å². The summed E-state index contributed by atoms with van der Waals surface area (Å²) in [5, 5.41) is 9.26. The number of carboxylic acid groups (broad SMARTS) is 1. The Balaban J connectivity index is 2.67. The van der Waals surface area contributed by atoms with Gasteiger partial charge in [0.25, 0.3) is 0 Å². The number of carboxylic acids is 1. The standard InChI is InChI=1S/C13H23NO3S/c1-9-6-5-7-14(11(9)12(16)17)10(15)8-18-13(2,3)4/h9,11H,5-8H2,1-4H3,(H,16,17). The molecular formula is C13H23NO3S. The Morgan fingerprint density at radius 1 is 1.39 bits per heavy atom. The van der Waals surface area contributed by atoms with Crippen LogP contribution in [0.1, 0.15) is 40.5 Å². The van der Waals surface area contributed by atoms with E-state index in [0.29, 0.717) is 12.3 Å². The Kier molecular flexibility index (Phi) is 5.08. The van der Waals surface area contributed by atoms with Crippen molar-refractivity contribution in [3.05, 3.63) is 0 Å². The number of carbonyl (C=O) groups excluding carboxylic acids is 1. The fourth-order valence-corrected chi connectivity index (χ4v) is 2.93. The van der Waals surface area contributed by atoms with Gasteiger partial charge >= 0.3 is 5.97 Å². The van der Waals surface area contributed by atoms with Gasteiger partial charge in [-0.05, 0) is 18.8 Å². The van der Waals surface area contributed by atoms with Crippen molar-refractivity contribution in [1.29, 1.82) is 0 Å². The minimum Gasteiger partial charge on any atom is -0.480 e. The van der Waals surface area contributed by atoms with Crippen LogP contribution in [-0.2, 0) is 9.59 Å². The molecule has 0 aromatic rings. The van der Waals surface area contributed by atoms with Gasteiger partial charge in [-0.1, -0.05) is 27.7 Å². The Morgan fingerprint density at radius 3 is 2.50 bits per heavy atom. The summed E-state index contributed by atoms with van der Waals surface area (Å²) in [6, 6.07) is -0.646. The monoisotopic (exact) mass is 273 g/mol. The lowest BCUT2D eigenvalue weighted by Crippen LogP contribution is -2.52. The first-order valence-electron chi connectivity index (χ1n) is 6.38. The van der Waals surface area contributed by atoms with E-state index in [4.69, 9.17) is 0 Å². The topological polar surface area (TPSA) is 57.6 Å². The molecule has 0 saturated carbocycles. The van der Waals surface area contributed by atoms with Gasteiger partial charge < -0.3 is 10.0 Å². The average Bonchev–Trinajstić information content (AvgIpc) is 2.24. The molecule has 1 aliphatic rings. The molecule has 4 nitrogen and oxygen atoms in total.